The van der Waals surface area contributed by atoms with E-state index >= 15 is 0 Å². The average molecular weight is 449 g/mol. The Morgan fingerprint density at radius 2 is 1.64 bits per heavy atom. The van der Waals surface area contributed by atoms with Gasteiger partial charge in [-0.25, -0.2) is 9.59 Å². The van der Waals surface area contributed by atoms with Gasteiger partial charge in [0.25, 0.3) is 0 Å². The van der Waals surface area contributed by atoms with Crippen molar-refractivity contribution in [2.75, 3.05) is 13.2 Å². The summed E-state index contributed by atoms with van der Waals surface area (Å²) in [5.74, 6) is -0.984. The van der Waals surface area contributed by atoms with E-state index in [0.29, 0.717) is 31.7 Å². The molecule has 2 aliphatic carbocycles. The smallest absolute Gasteiger partial charge is 0.407 e. The van der Waals surface area contributed by atoms with E-state index in [1.165, 1.54) is 4.90 Å². The highest BCUT2D eigenvalue weighted by atomic mass is 16.5. The molecule has 2 atom stereocenters. The highest BCUT2D eigenvalue weighted by molar-refractivity contribution is 5.90. The van der Waals surface area contributed by atoms with Crippen LogP contribution in [0.25, 0.3) is 11.1 Å². The minimum Gasteiger partial charge on any atom is -0.480 e. The third-order valence-electron chi connectivity index (χ3n) is 7.02. The number of fused-ring (bicyclic) bond motifs is 3. The molecule has 0 spiro atoms. The molecule has 33 heavy (non-hydrogen) atoms. The average Bonchev–Trinajstić information content (AvgIpc) is 3.39. The number of rotatable bonds is 7. The van der Waals surface area contributed by atoms with E-state index in [1.54, 1.807) is 0 Å². The Morgan fingerprint density at radius 3 is 2.24 bits per heavy atom. The molecule has 1 aliphatic heterocycles. The summed E-state index contributed by atoms with van der Waals surface area (Å²) >= 11 is 0. The van der Waals surface area contributed by atoms with Crippen LogP contribution in [0, 0.1) is 5.92 Å². The number of likely N-dealkylation sites (tertiary alicyclic amines) is 1. The molecule has 1 saturated carbocycles. The number of benzene rings is 2. The summed E-state index contributed by atoms with van der Waals surface area (Å²) in [4.78, 5) is 38.8. The normalized spacial score (nSPS) is 20.1. The predicted molar refractivity (Wildman–Crippen MR) is 122 cm³/mol. The molecule has 0 aromatic heterocycles. The van der Waals surface area contributed by atoms with Gasteiger partial charge in [-0.15, -0.1) is 0 Å². The second-order valence-corrected chi connectivity index (χ2v) is 9.23. The lowest BCUT2D eigenvalue weighted by molar-refractivity contribution is -0.149. The van der Waals surface area contributed by atoms with Gasteiger partial charge in [0.1, 0.15) is 18.7 Å². The molecule has 172 valence electrons. The molecule has 0 bridgehead atoms. The SMILES string of the molecule is O=C(N[C@@H](CC1CC1)C(=O)N1CCC[C@@H]1C(=O)O)OCC1c2ccccc2-c2ccccc21. The van der Waals surface area contributed by atoms with Crippen molar-refractivity contribution in [3.8, 4) is 11.1 Å². The lowest BCUT2D eigenvalue weighted by atomic mass is 9.98. The molecule has 2 amide bonds. The zero-order chi connectivity index (χ0) is 22.9. The highest BCUT2D eigenvalue weighted by Gasteiger charge is 2.40. The minimum absolute atomic E-state index is 0.0595. The Kier molecular flexibility index (Phi) is 5.79. The number of ether oxygens (including phenoxy) is 1. The molecule has 7 heteroatoms. The van der Waals surface area contributed by atoms with Crippen molar-refractivity contribution in [3.05, 3.63) is 59.7 Å². The summed E-state index contributed by atoms with van der Waals surface area (Å²) < 4.78 is 5.62. The first-order chi connectivity index (χ1) is 16.0. The first-order valence-electron chi connectivity index (χ1n) is 11.7. The molecule has 2 aromatic carbocycles. The van der Waals surface area contributed by atoms with Crippen molar-refractivity contribution in [2.24, 2.45) is 5.92 Å². The Balaban J connectivity index is 1.26. The van der Waals surface area contributed by atoms with Crippen molar-refractivity contribution in [1.82, 2.24) is 10.2 Å². The maximum Gasteiger partial charge on any atom is 0.407 e. The largest absolute Gasteiger partial charge is 0.480 e. The first kappa shape index (κ1) is 21.5. The number of aliphatic carboxylic acids is 1. The van der Waals surface area contributed by atoms with Crippen molar-refractivity contribution in [2.45, 2.75) is 50.1 Å². The third kappa shape index (κ3) is 4.32. The Bertz CT molecular complexity index is 1030. The predicted octanol–water partition coefficient (Wildman–Crippen LogP) is 3.77. The maximum atomic E-state index is 13.1. The van der Waals surface area contributed by atoms with Gasteiger partial charge in [-0.05, 0) is 47.4 Å². The van der Waals surface area contributed by atoms with Crippen molar-refractivity contribution >= 4 is 18.0 Å². The Labute approximate surface area is 192 Å². The second kappa shape index (κ2) is 8.89. The van der Waals surface area contributed by atoms with Gasteiger partial charge in [0.05, 0.1) is 0 Å². The number of carboxylic acids is 1. The number of amides is 2. The molecule has 0 radical (unpaired) electrons. The second-order valence-electron chi connectivity index (χ2n) is 9.23. The molecule has 1 heterocycles. The number of carbonyl (C=O) groups excluding carboxylic acids is 2. The maximum absolute atomic E-state index is 13.1. The highest BCUT2D eigenvalue weighted by Crippen LogP contribution is 2.44. The summed E-state index contributed by atoms with van der Waals surface area (Å²) in [5, 5.41) is 12.2. The van der Waals surface area contributed by atoms with E-state index in [-0.39, 0.29) is 18.4 Å². The van der Waals surface area contributed by atoms with Crippen LogP contribution in [0.3, 0.4) is 0 Å². The first-order valence-corrected chi connectivity index (χ1v) is 11.7. The van der Waals surface area contributed by atoms with Gasteiger partial charge >= 0.3 is 12.1 Å². The number of nitrogens with one attached hydrogen (secondary N) is 1. The summed E-state index contributed by atoms with van der Waals surface area (Å²) in [6.45, 7) is 0.578. The Morgan fingerprint density at radius 1 is 1.00 bits per heavy atom. The van der Waals surface area contributed by atoms with Crippen molar-refractivity contribution < 1.29 is 24.2 Å². The van der Waals surface area contributed by atoms with Gasteiger partial charge in [-0.2, -0.15) is 0 Å². The van der Waals surface area contributed by atoms with E-state index in [9.17, 15) is 19.5 Å². The van der Waals surface area contributed by atoms with E-state index in [1.807, 2.05) is 24.3 Å². The number of carboxylic acid groups (broad SMARTS) is 1. The van der Waals surface area contributed by atoms with Crippen LogP contribution in [0.5, 0.6) is 0 Å². The zero-order valence-corrected chi connectivity index (χ0v) is 18.4. The van der Waals surface area contributed by atoms with Crippen LogP contribution in [0.4, 0.5) is 4.79 Å². The van der Waals surface area contributed by atoms with Crippen LogP contribution >= 0.6 is 0 Å². The molecule has 1 saturated heterocycles. The van der Waals surface area contributed by atoms with Crippen LogP contribution in [0.2, 0.25) is 0 Å². The van der Waals surface area contributed by atoms with E-state index in [0.717, 1.165) is 35.1 Å². The van der Waals surface area contributed by atoms with E-state index < -0.39 is 24.1 Å². The van der Waals surface area contributed by atoms with Crippen LogP contribution in [0.15, 0.2) is 48.5 Å². The molecular formula is C26H28N2O5. The lowest BCUT2D eigenvalue weighted by Crippen LogP contribution is -2.52. The quantitative estimate of drug-likeness (QED) is 0.672. The molecule has 0 unspecified atom stereocenters. The molecule has 2 N–H and O–H groups in total. The monoisotopic (exact) mass is 448 g/mol. The zero-order valence-electron chi connectivity index (χ0n) is 18.4. The molecule has 5 rings (SSSR count). The Hall–Kier alpha value is -3.35. The minimum atomic E-state index is -0.993. The summed E-state index contributed by atoms with van der Waals surface area (Å²) in [6, 6.07) is 14.7. The molecule has 7 nitrogen and oxygen atoms in total. The van der Waals surface area contributed by atoms with Gasteiger partial charge in [0.2, 0.25) is 5.91 Å². The molecule has 3 aliphatic rings. The fourth-order valence-corrected chi connectivity index (χ4v) is 5.18. The van der Waals surface area contributed by atoms with Crippen LogP contribution in [-0.2, 0) is 14.3 Å². The van der Waals surface area contributed by atoms with E-state index in [4.69, 9.17) is 4.74 Å². The van der Waals surface area contributed by atoms with E-state index in [2.05, 4.69) is 29.6 Å². The summed E-state index contributed by atoms with van der Waals surface area (Å²) in [6.07, 6.45) is 3.04. The summed E-state index contributed by atoms with van der Waals surface area (Å²) in [5.41, 5.74) is 4.55. The fourth-order valence-electron chi connectivity index (χ4n) is 5.18. The lowest BCUT2D eigenvalue weighted by Gasteiger charge is -2.27. The molecule has 2 fully saturated rings. The molecule has 2 aromatic rings. The number of hydrogen-bond acceptors (Lipinski definition) is 4. The van der Waals surface area contributed by atoms with Gasteiger partial charge in [-0.3, -0.25) is 4.79 Å². The van der Waals surface area contributed by atoms with Crippen LogP contribution < -0.4 is 5.32 Å². The van der Waals surface area contributed by atoms with Crippen LogP contribution in [0.1, 0.15) is 49.1 Å². The van der Waals surface area contributed by atoms with Gasteiger partial charge in [0.15, 0.2) is 0 Å². The number of carbonyl (C=O) groups is 3. The van der Waals surface area contributed by atoms with Crippen molar-refractivity contribution in [3.63, 3.8) is 0 Å². The summed E-state index contributed by atoms with van der Waals surface area (Å²) in [7, 11) is 0. The van der Waals surface area contributed by atoms with Gasteiger partial charge in [0, 0.05) is 12.5 Å². The van der Waals surface area contributed by atoms with Crippen molar-refractivity contribution in [1.29, 1.82) is 0 Å². The van der Waals surface area contributed by atoms with Gasteiger partial charge in [-0.1, -0.05) is 61.4 Å². The topological polar surface area (TPSA) is 95.9 Å². The van der Waals surface area contributed by atoms with Gasteiger partial charge < -0.3 is 20.1 Å². The number of nitrogens with zero attached hydrogens (tertiary/aromatic N) is 1. The number of alkyl carbamates (subject to hydrolysis) is 1. The number of hydrogen-bond donors (Lipinski definition) is 2. The fraction of sp³-hybridized carbons (Fsp3) is 0.423. The third-order valence-corrected chi connectivity index (χ3v) is 7.02. The molecular weight excluding hydrogens is 420 g/mol. The van der Waals surface area contributed by atoms with Crippen LogP contribution in [-0.4, -0.2) is 53.2 Å². The standard InChI is InChI=1S/C26H28N2O5/c29-24(28-13-5-10-23(28)25(30)31)22(14-16-11-12-16)27-26(32)33-15-21-19-8-3-1-6-17(19)18-7-2-4-9-20(18)21/h1-4,6-9,16,21-23H,5,10-15H2,(H,27,32)(H,30,31)/t22-,23+/m0/s1.